The van der Waals surface area contributed by atoms with E-state index in [2.05, 4.69) is 5.32 Å². The number of hydrogen-bond acceptors (Lipinski definition) is 4. The van der Waals surface area contributed by atoms with Crippen molar-refractivity contribution >= 4 is 11.9 Å². The maximum atomic E-state index is 13.4. The predicted octanol–water partition coefficient (Wildman–Crippen LogP) is 3.67. The molecule has 2 aromatic rings. The second-order valence-electron chi connectivity index (χ2n) is 7.03. The van der Waals surface area contributed by atoms with Crippen LogP contribution in [0.5, 0.6) is 0 Å². The Kier molecular flexibility index (Phi) is 7.76. The lowest BCUT2D eigenvalue weighted by atomic mass is 9.86. The number of carbonyl (C=O) groups is 2. The van der Waals surface area contributed by atoms with Crippen molar-refractivity contribution in [1.82, 2.24) is 5.32 Å². The first kappa shape index (κ1) is 21.6. The first-order chi connectivity index (χ1) is 13.4. The topological polar surface area (TPSA) is 64.6 Å². The number of benzene rings is 2. The Bertz CT molecular complexity index is 719. The number of carbonyl (C=O) groups excluding carboxylic acids is 2. The fourth-order valence-electron chi connectivity index (χ4n) is 2.94. The minimum atomic E-state index is -1.44. The maximum absolute atomic E-state index is 13.4. The van der Waals surface area contributed by atoms with Gasteiger partial charge in [-0.15, -0.1) is 0 Å². The van der Waals surface area contributed by atoms with E-state index in [1.165, 1.54) is 0 Å². The molecule has 0 saturated heterocycles. The van der Waals surface area contributed by atoms with Crippen LogP contribution in [0.25, 0.3) is 0 Å². The second-order valence-corrected chi connectivity index (χ2v) is 7.03. The average molecular weight is 383 g/mol. The zero-order valence-electron chi connectivity index (χ0n) is 17.0. The largest absolute Gasteiger partial charge is 0.450 e. The Morgan fingerprint density at radius 2 is 1.43 bits per heavy atom. The van der Waals surface area contributed by atoms with E-state index in [0.29, 0.717) is 30.2 Å². The molecule has 0 bridgehead atoms. The number of nitrogens with one attached hydrogen (secondary N) is 1. The van der Waals surface area contributed by atoms with Crippen molar-refractivity contribution in [2.75, 3.05) is 13.2 Å². The van der Waals surface area contributed by atoms with Crippen LogP contribution in [0.1, 0.15) is 38.8 Å². The van der Waals surface area contributed by atoms with Gasteiger partial charge in [0.15, 0.2) is 6.10 Å². The fraction of sp³-hybridized carbons (Fsp3) is 0.391. The molecule has 0 radical (unpaired) electrons. The first-order valence-electron chi connectivity index (χ1n) is 9.65. The van der Waals surface area contributed by atoms with Crippen LogP contribution in [0.3, 0.4) is 0 Å². The molecule has 1 amide bonds. The van der Waals surface area contributed by atoms with E-state index in [1.807, 2.05) is 81.4 Å². The summed E-state index contributed by atoms with van der Waals surface area (Å²) >= 11 is 0. The lowest BCUT2D eigenvalue weighted by Gasteiger charge is -2.33. The van der Waals surface area contributed by atoms with Gasteiger partial charge in [-0.05, 0) is 30.9 Å². The molecule has 0 unspecified atom stereocenters. The quantitative estimate of drug-likeness (QED) is 0.671. The molecule has 28 heavy (non-hydrogen) atoms. The monoisotopic (exact) mass is 383 g/mol. The molecule has 2 rings (SSSR count). The van der Waals surface area contributed by atoms with Crippen molar-refractivity contribution in [2.45, 2.75) is 39.4 Å². The molecule has 5 nitrogen and oxygen atoms in total. The Morgan fingerprint density at radius 1 is 0.929 bits per heavy atom. The molecule has 5 heteroatoms. The van der Waals surface area contributed by atoms with E-state index >= 15 is 0 Å². The highest BCUT2D eigenvalue weighted by molar-refractivity contribution is 5.89. The third kappa shape index (κ3) is 4.98. The summed E-state index contributed by atoms with van der Waals surface area (Å²) < 4.78 is 11.6. The zero-order valence-corrected chi connectivity index (χ0v) is 17.0. The highest BCUT2D eigenvalue weighted by atomic mass is 16.6. The highest BCUT2D eigenvalue weighted by Gasteiger charge is 2.45. The zero-order chi connectivity index (χ0) is 20.6. The molecule has 0 fully saturated rings. The Balaban J connectivity index is 2.38. The molecule has 1 atom stereocenters. The van der Waals surface area contributed by atoms with E-state index in [4.69, 9.17) is 9.47 Å². The first-order valence-corrected chi connectivity index (χ1v) is 9.65. The number of hydrogen-bond donors (Lipinski definition) is 1. The van der Waals surface area contributed by atoms with Gasteiger partial charge in [0.25, 0.3) is 5.91 Å². The van der Waals surface area contributed by atoms with Crippen molar-refractivity contribution in [3.8, 4) is 0 Å². The van der Waals surface area contributed by atoms with E-state index in [0.717, 1.165) is 0 Å². The van der Waals surface area contributed by atoms with Gasteiger partial charge < -0.3 is 14.8 Å². The van der Waals surface area contributed by atoms with Crippen LogP contribution < -0.4 is 5.32 Å². The summed E-state index contributed by atoms with van der Waals surface area (Å²) in [5.74, 6) is -0.629. The van der Waals surface area contributed by atoms with E-state index in [1.54, 1.807) is 6.92 Å². The van der Waals surface area contributed by atoms with Crippen LogP contribution in [0.4, 0.5) is 0 Å². The van der Waals surface area contributed by atoms with Crippen LogP contribution in [-0.4, -0.2) is 31.1 Å². The number of esters is 1. The van der Waals surface area contributed by atoms with Crippen molar-refractivity contribution in [1.29, 1.82) is 0 Å². The van der Waals surface area contributed by atoms with Gasteiger partial charge in [-0.3, -0.25) is 4.79 Å². The summed E-state index contributed by atoms with van der Waals surface area (Å²) in [5, 5.41) is 2.79. The SMILES string of the molecule is CCOC(C(=O)O[C@H](C)C(=O)NCC(C)C)(c1ccccc1)c1ccccc1. The minimum Gasteiger partial charge on any atom is -0.450 e. The van der Waals surface area contributed by atoms with Gasteiger partial charge in [-0.25, -0.2) is 4.79 Å². The molecule has 0 saturated carbocycles. The normalized spacial score (nSPS) is 12.5. The van der Waals surface area contributed by atoms with Gasteiger partial charge in [0.05, 0.1) is 0 Å². The summed E-state index contributed by atoms with van der Waals surface area (Å²) in [6, 6.07) is 18.4. The van der Waals surface area contributed by atoms with E-state index in [-0.39, 0.29) is 5.91 Å². The number of rotatable bonds is 9. The Morgan fingerprint density at radius 3 is 1.86 bits per heavy atom. The van der Waals surface area contributed by atoms with Gasteiger partial charge in [-0.1, -0.05) is 74.5 Å². The molecule has 0 aliphatic carbocycles. The van der Waals surface area contributed by atoms with Gasteiger partial charge in [0, 0.05) is 13.2 Å². The standard InChI is InChI=1S/C23H29NO4/c1-5-27-23(19-12-8-6-9-13-19,20-14-10-7-11-15-20)22(26)28-18(4)21(25)24-16-17(2)3/h6-15,17-18H,5,16H2,1-4H3,(H,24,25)/t18-/m1/s1. The van der Waals surface area contributed by atoms with Crippen LogP contribution in [-0.2, 0) is 24.7 Å². The summed E-state index contributed by atoms with van der Waals surface area (Å²) in [4.78, 5) is 25.7. The summed E-state index contributed by atoms with van der Waals surface area (Å²) in [6.45, 7) is 8.22. The fourth-order valence-corrected chi connectivity index (χ4v) is 2.94. The Hall–Kier alpha value is -2.66. The smallest absolute Gasteiger partial charge is 0.348 e. The van der Waals surface area contributed by atoms with E-state index in [9.17, 15) is 9.59 Å². The molecular weight excluding hydrogens is 354 g/mol. The van der Waals surface area contributed by atoms with Crippen LogP contribution >= 0.6 is 0 Å². The van der Waals surface area contributed by atoms with Crippen LogP contribution in [0.15, 0.2) is 60.7 Å². The molecule has 0 spiro atoms. The lowest BCUT2D eigenvalue weighted by Crippen LogP contribution is -2.46. The predicted molar refractivity (Wildman–Crippen MR) is 109 cm³/mol. The van der Waals surface area contributed by atoms with Gasteiger partial charge in [0.2, 0.25) is 5.60 Å². The average Bonchev–Trinajstić information content (AvgIpc) is 2.71. The van der Waals surface area contributed by atoms with Crippen LogP contribution in [0, 0.1) is 5.92 Å². The van der Waals surface area contributed by atoms with E-state index < -0.39 is 17.7 Å². The van der Waals surface area contributed by atoms with Crippen molar-refractivity contribution < 1.29 is 19.1 Å². The van der Waals surface area contributed by atoms with Crippen molar-refractivity contribution in [2.24, 2.45) is 5.92 Å². The maximum Gasteiger partial charge on any atom is 0.348 e. The molecular formula is C23H29NO4. The molecule has 150 valence electrons. The van der Waals surface area contributed by atoms with Crippen molar-refractivity contribution in [3.05, 3.63) is 71.8 Å². The summed E-state index contributed by atoms with van der Waals surface area (Å²) in [5.41, 5.74) is -0.130. The highest BCUT2D eigenvalue weighted by Crippen LogP contribution is 2.35. The summed E-state index contributed by atoms with van der Waals surface area (Å²) in [6.07, 6.45) is -0.932. The van der Waals surface area contributed by atoms with Gasteiger partial charge in [-0.2, -0.15) is 0 Å². The van der Waals surface area contributed by atoms with Crippen LogP contribution in [0.2, 0.25) is 0 Å². The molecule has 0 heterocycles. The van der Waals surface area contributed by atoms with Crippen molar-refractivity contribution in [3.63, 3.8) is 0 Å². The summed E-state index contributed by atoms with van der Waals surface area (Å²) in [7, 11) is 0. The minimum absolute atomic E-state index is 0.298. The number of amides is 1. The molecule has 0 aromatic heterocycles. The molecule has 2 aromatic carbocycles. The van der Waals surface area contributed by atoms with Gasteiger partial charge in [0.1, 0.15) is 0 Å². The lowest BCUT2D eigenvalue weighted by molar-refractivity contribution is -0.175. The molecule has 1 N–H and O–H groups in total. The third-order valence-electron chi connectivity index (χ3n) is 4.35. The third-order valence-corrected chi connectivity index (χ3v) is 4.35. The number of ether oxygens (including phenoxy) is 2. The molecule has 0 aliphatic heterocycles. The second kappa shape index (κ2) is 10.0. The Labute approximate surface area is 167 Å². The van der Waals surface area contributed by atoms with Gasteiger partial charge >= 0.3 is 5.97 Å². The molecule has 0 aliphatic rings.